The summed E-state index contributed by atoms with van der Waals surface area (Å²) in [6.45, 7) is 3.81. The monoisotopic (exact) mass is 409 g/mol. The van der Waals surface area contributed by atoms with Crippen molar-refractivity contribution in [3.8, 4) is 0 Å². The molecule has 1 aromatic rings. The number of anilines is 1. The Morgan fingerprint density at radius 3 is 2.40 bits per heavy atom. The van der Waals surface area contributed by atoms with Gasteiger partial charge in [-0.3, -0.25) is 14.9 Å². The van der Waals surface area contributed by atoms with Crippen LogP contribution in [0, 0.1) is 5.82 Å². The van der Waals surface area contributed by atoms with E-state index in [0.717, 1.165) is 11.6 Å². The lowest BCUT2D eigenvalue weighted by Crippen LogP contribution is -2.53. The van der Waals surface area contributed by atoms with Crippen LogP contribution in [-0.4, -0.2) is 60.4 Å². The number of benzene rings is 1. The summed E-state index contributed by atoms with van der Waals surface area (Å²) in [5, 5.41) is 3.19. The maximum Gasteiger partial charge on any atom is 0.240 e. The molecule has 2 fully saturated rings. The van der Waals surface area contributed by atoms with Crippen molar-refractivity contribution in [2.75, 3.05) is 42.7 Å². The number of amides is 1. The van der Waals surface area contributed by atoms with Gasteiger partial charge in [-0.05, 0) is 25.1 Å². The van der Waals surface area contributed by atoms with Crippen molar-refractivity contribution in [2.24, 2.45) is 0 Å². The predicted octanol–water partition coefficient (Wildman–Crippen LogP) is 2.18. The SMILES string of the molecule is CC(=O)c1ccc(N2CCN(C(=O)C3CSCN3)CC2)c(F)c1.Cl.Cl. The molecule has 1 aromatic carbocycles. The van der Waals surface area contributed by atoms with Gasteiger partial charge in [0.15, 0.2) is 5.78 Å². The van der Waals surface area contributed by atoms with Gasteiger partial charge in [0.05, 0.1) is 11.7 Å². The van der Waals surface area contributed by atoms with Gasteiger partial charge in [0, 0.05) is 43.4 Å². The highest BCUT2D eigenvalue weighted by Crippen LogP contribution is 2.23. The van der Waals surface area contributed by atoms with Crippen LogP contribution >= 0.6 is 36.6 Å². The van der Waals surface area contributed by atoms with Gasteiger partial charge in [-0.15, -0.1) is 36.6 Å². The number of ketones is 1. The minimum absolute atomic E-state index is 0. The molecule has 1 N–H and O–H groups in total. The fraction of sp³-hybridized carbons (Fsp3) is 0.500. The van der Waals surface area contributed by atoms with E-state index in [1.54, 1.807) is 23.9 Å². The molecule has 2 saturated heterocycles. The van der Waals surface area contributed by atoms with E-state index in [4.69, 9.17) is 0 Å². The summed E-state index contributed by atoms with van der Waals surface area (Å²) < 4.78 is 14.2. The Morgan fingerprint density at radius 2 is 1.88 bits per heavy atom. The minimum Gasteiger partial charge on any atom is -0.366 e. The molecule has 1 unspecified atom stereocenters. The molecule has 2 heterocycles. The number of carbonyl (C=O) groups excluding carboxylic acids is 2. The highest BCUT2D eigenvalue weighted by Gasteiger charge is 2.30. The number of carbonyl (C=O) groups is 2. The molecule has 3 rings (SSSR count). The molecule has 2 aliphatic heterocycles. The second-order valence-electron chi connectivity index (χ2n) is 5.81. The van der Waals surface area contributed by atoms with Crippen molar-refractivity contribution in [1.29, 1.82) is 0 Å². The zero-order chi connectivity index (χ0) is 16.4. The smallest absolute Gasteiger partial charge is 0.240 e. The van der Waals surface area contributed by atoms with Gasteiger partial charge < -0.3 is 9.80 Å². The van der Waals surface area contributed by atoms with Crippen molar-refractivity contribution in [3.05, 3.63) is 29.6 Å². The number of nitrogens with zero attached hydrogens (tertiary/aromatic N) is 2. The first-order valence-electron chi connectivity index (χ1n) is 7.71. The lowest BCUT2D eigenvalue weighted by atomic mass is 10.1. The van der Waals surface area contributed by atoms with Crippen LogP contribution in [0.3, 0.4) is 0 Å². The van der Waals surface area contributed by atoms with E-state index in [9.17, 15) is 14.0 Å². The first-order chi connectivity index (χ1) is 11.1. The molecule has 0 aliphatic carbocycles. The molecule has 1 amide bonds. The summed E-state index contributed by atoms with van der Waals surface area (Å²) in [5.41, 5.74) is 0.876. The lowest BCUT2D eigenvalue weighted by molar-refractivity contribution is -0.132. The zero-order valence-electron chi connectivity index (χ0n) is 13.9. The summed E-state index contributed by atoms with van der Waals surface area (Å²) >= 11 is 1.73. The van der Waals surface area contributed by atoms with Crippen LogP contribution in [0.15, 0.2) is 18.2 Å². The Kier molecular flexibility index (Phi) is 8.47. The second kappa shape index (κ2) is 9.62. The number of hydrogen-bond acceptors (Lipinski definition) is 5. The van der Waals surface area contributed by atoms with Crippen LogP contribution in [0.25, 0.3) is 0 Å². The van der Waals surface area contributed by atoms with E-state index in [2.05, 4.69) is 5.32 Å². The van der Waals surface area contributed by atoms with Gasteiger partial charge in [-0.25, -0.2) is 4.39 Å². The van der Waals surface area contributed by atoms with Crippen LogP contribution in [0.2, 0.25) is 0 Å². The van der Waals surface area contributed by atoms with Gasteiger partial charge in [0.1, 0.15) is 5.82 Å². The molecule has 1 atom stereocenters. The van der Waals surface area contributed by atoms with Crippen molar-refractivity contribution >= 4 is 54.0 Å². The molecule has 0 aromatic heterocycles. The first kappa shape index (κ1) is 22.0. The van der Waals surface area contributed by atoms with Crippen LogP contribution in [0.4, 0.5) is 10.1 Å². The standard InChI is InChI=1S/C16H20FN3O2S.2ClH/c1-11(21)12-2-3-15(13(17)8-12)19-4-6-20(7-5-19)16(22)14-9-23-10-18-14;;/h2-3,8,14,18H,4-7,9-10H2,1H3;2*1H. The number of nitrogens with one attached hydrogen (secondary N) is 1. The van der Waals surface area contributed by atoms with E-state index in [-0.39, 0.29) is 48.4 Å². The minimum atomic E-state index is -0.383. The van der Waals surface area contributed by atoms with E-state index in [1.807, 2.05) is 9.80 Å². The molecule has 0 radical (unpaired) electrons. The number of thioether (sulfide) groups is 1. The molecule has 0 spiro atoms. The van der Waals surface area contributed by atoms with Gasteiger partial charge in [-0.1, -0.05) is 0 Å². The second-order valence-corrected chi connectivity index (χ2v) is 6.84. The Hall–Kier alpha value is -1.02. The zero-order valence-corrected chi connectivity index (χ0v) is 16.3. The van der Waals surface area contributed by atoms with Gasteiger partial charge in [0.2, 0.25) is 5.91 Å². The maximum absolute atomic E-state index is 14.2. The van der Waals surface area contributed by atoms with E-state index >= 15 is 0 Å². The Labute approximate surface area is 163 Å². The molecule has 140 valence electrons. The fourth-order valence-electron chi connectivity index (χ4n) is 2.92. The Balaban J connectivity index is 0.00000156. The normalized spacial score (nSPS) is 19.8. The topological polar surface area (TPSA) is 52.7 Å². The molecule has 2 aliphatic rings. The van der Waals surface area contributed by atoms with Crippen molar-refractivity contribution < 1.29 is 14.0 Å². The Morgan fingerprint density at radius 1 is 1.20 bits per heavy atom. The third-order valence-corrected chi connectivity index (χ3v) is 5.24. The van der Waals surface area contributed by atoms with Crippen molar-refractivity contribution in [3.63, 3.8) is 0 Å². The highest BCUT2D eigenvalue weighted by atomic mass is 35.5. The first-order valence-corrected chi connectivity index (χ1v) is 8.87. The molecule has 0 saturated carbocycles. The quantitative estimate of drug-likeness (QED) is 0.775. The highest BCUT2D eigenvalue weighted by molar-refractivity contribution is 7.99. The van der Waals surface area contributed by atoms with Crippen LogP contribution in [0.5, 0.6) is 0 Å². The number of halogens is 3. The van der Waals surface area contributed by atoms with Crippen molar-refractivity contribution in [1.82, 2.24) is 10.2 Å². The number of rotatable bonds is 3. The third kappa shape index (κ3) is 5.00. The number of piperazine rings is 1. The fourth-order valence-corrected chi connectivity index (χ4v) is 3.86. The van der Waals surface area contributed by atoms with Crippen LogP contribution in [-0.2, 0) is 4.79 Å². The van der Waals surface area contributed by atoms with Crippen LogP contribution in [0.1, 0.15) is 17.3 Å². The Bertz CT molecular complexity index is 621. The average molecular weight is 410 g/mol. The average Bonchev–Trinajstić information content (AvgIpc) is 3.08. The molecular formula is C16H22Cl2FN3O2S. The molecular weight excluding hydrogens is 388 g/mol. The van der Waals surface area contributed by atoms with Gasteiger partial charge in [0.25, 0.3) is 0 Å². The molecule has 25 heavy (non-hydrogen) atoms. The third-order valence-electron chi connectivity index (χ3n) is 4.30. The summed E-state index contributed by atoms with van der Waals surface area (Å²) in [6.07, 6.45) is 0. The number of Topliss-reactive ketones (excluding diaryl/α,β-unsaturated/α-hetero) is 1. The summed E-state index contributed by atoms with van der Waals surface area (Å²) in [5.74, 6) is 1.26. The van der Waals surface area contributed by atoms with E-state index < -0.39 is 0 Å². The van der Waals surface area contributed by atoms with Crippen LogP contribution < -0.4 is 10.2 Å². The molecule has 5 nitrogen and oxygen atoms in total. The largest absolute Gasteiger partial charge is 0.366 e. The number of hydrogen-bond donors (Lipinski definition) is 1. The maximum atomic E-state index is 14.2. The van der Waals surface area contributed by atoms with E-state index in [1.165, 1.54) is 13.0 Å². The summed E-state index contributed by atoms with van der Waals surface area (Å²) in [4.78, 5) is 27.4. The predicted molar refractivity (Wildman–Crippen MR) is 104 cm³/mol. The van der Waals surface area contributed by atoms with Crippen molar-refractivity contribution in [2.45, 2.75) is 13.0 Å². The van der Waals surface area contributed by atoms with Gasteiger partial charge >= 0.3 is 0 Å². The lowest BCUT2D eigenvalue weighted by Gasteiger charge is -2.37. The van der Waals surface area contributed by atoms with Gasteiger partial charge in [-0.2, -0.15) is 0 Å². The van der Waals surface area contributed by atoms with E-state index in [0.29, 0.717) is 37.4 Å². The molecule has 0 bridgehead atoms. The molecule has 9 heteroatoms. The summed E-state index contributed by atoms with van der Waals surface area (Å²) in [6, 6.07) is 4.50. The summed E-state index contributed by atoms with van der Waals surface area (Å²) in [7, 11) is 0.